The monoisotopic (exact) mass is 292 g/mol. The molecular formula is C10H10BrFO4. The molecule has 0 unspecified atom stereocenters. The smallest absolute Gasteiger partial charge is 0.201 e. The highest BCUT2D eigenvalue weighted by atomic mass is 79.9. The number of carbonyl (C=O) groups is 1. The SMILES string of the molecule is COCOc1c(OC)cc(C=O)c(Br)c1F. The summed E-state index contributed by atoms with van der Waals surface area (Å²) < 4.78 is 28.4. The van der Waals surface area contributed by atoms with Crippen molar-refractivity contribution in [3.63, 3.8) is 0 Å². The molecule has 0 fully saturated rings. The lowest BCUT2D eigenvalue weighted by Crippen LogP contribution is -2.04. The summed E-state index contributed by atoms with van der Waals surface area (Å²) in [5, 5.41) is 0. The molecule has 0 aliphatic rings. The maximum atomic E-state index is 13.8. The van der Waals surface area contributed by atoms with Crippen LogP contribution in [0.2, 0.25) is 0 Å². The van der Waals surface area contributed by atoms with Crippen LogP contribution < -0.4 is 9.47 Å². The first-order valence-corrected chi connectivity index (χ1v) is 5.07. The van der Waals surface area contributed by atoms with E-state index in [0.29, 0.717) is 6.29 Å². The van der Waals surface area contributed by atoms with E-state index in [-0.39, 0.29) is 28.3 Å². The molecule has 1 rings (SSSR count). The zero-order valence-electron chi connectivity index (χ0n) is 8.75. The van der Waals surface area contributed by atoms with Crippen LogP contribution in [-0.2, 0) is 4.74 Å². The Hall–Kier alpha value is -1.14. The van der Waals surface area contributed by atoms with Gasteiger partial charge in [-0.15, -0.1) is 0 Å². The van der Waals surface area contributed by atoms with Gasteiger partial charge in [0.15, 0.2) is 24.6 Å². The third-order valence-corrected chi connectivity index (χ3v) is 2.63. The molecule has 1 aromatic carbocycles. The molecule has 0 aliphatic carbocycles. The summed E-state index contributed by atoms with van der Waals surface area (Å²) in [7, 11) is 2.77. The van der Waals surface area contributed by atoms with Gasteiger partial charge in [0.1, 0.15) is 0 Å². The summed E-state index contributed by atoms with van der Waals surface area (Å²) in [6, 6.07) is 1.38. The van der Waals surface area contributed by atoms with E-state index in [1.54, 1.807) is 0 Å². The minimum Gasteiger partial charge on any atom is -0.493 e. The molecule has 4 nitrogen and oxygen atoms in total. The van der Waals surface area contributed by atoms with Crippen molar-refractivity contribution >= 4 is 22.2 Å². The average Bonchev–Trinajstić information content (AvgIpc) is 2.31. The minimum absolute atomic E-state index is 0.0365. The zero-order valence-corrected chi connectivity index (χ0v) is 10.3. The second-order valence-electron chi connectivity index (χ2n) is 2.79. The van der Waals surface area contributed by atoms with Gasteiger partial charge < -0.3 is 14.2 Å². The summed E-state index contributed by atoms with van der Waals surface area (Å²) in [4.78, 5) is 10.7. The minimum atomic E-state index is -0.696. The molecule has 88 valence electrons. The van der Waals surface area contributed by atoms with E-state index in [2.05, 4.69) is 20.7 Å². The van der Waals surface area contributed by atoms with Crippen molar-refractivity contribution in [1.29, 1.82) is 0 Å². The standard InChI is InChI=1S/C10H10BrFO4/c1-14-5-16-10-7(15-2)3-6(4-13)8(11)9(10)12/h3-4H,5H2,1-2H3. The van der Waals surface area contributed by atoms with Crippen LogP contribution in [0, 0.1) is 5.82 Å². The van der Waals surface area contributed by atoms with Crippen molar-refractivity contribution in [2.75, 3.05) is 21.0 Å². The molecule has 1 aromatic rings. The highest BCUT2D eigenvalue weighted by molar-refractivity contribution is 9.10. The molecule has 0 aromatic heterocycles. The largest absolute Gasteiger partial charge is 0.493 e. The van der Waals surface area contributed by atoms with Crippen molar-refractivity contribution in [3.05, 3.63) is 21.9 Å². The van der Waals surface area contributed by atoms with Gasteiger partial charge in [0.2, 0.25) is 5.75 Å². The maximum absolute atomic E-state index is 13.8. The Labute approximate surface area is 100 Å². The number of rotatable bonds is 5. The number of hydrogen-bond donors (Lipinski definition) is 0. The first kappa shape index (κ1) is 12.9. The van der Waals surface area contributed by atoms with Gasteiger partial charge in [-0.3, -0.25) is 4.79 Å². The summed E-state index contributed by atoms with van der Waals surface area (Å²) in [6.45, 7) is -0.111. The number of benzene rings is 1. The first-order valence-electron chi connectivity index (χ1n) is 4.28. The zero-order chi connectivity index (χ0) is 12.1. The van der Waals surface area contributed by atoms with Crippen LogP contribution in [0.5, 0.6) is 11.5 Å². The molecule has 0 saturated carbocycles. The van der Waals surface area contributed by atoms with Crippen LogP contribution in [0.1, 0.15) is 10.4 Å². The molecule has 0 radical (unpaired) electrons. The van der Waals surface area contributed by atoms with Crippen molar-refractivity contribution in [3.8, 4) is 11.5 Å². The van der Waals surface area contributed by atoms with E-state index in [4.69, 9.17) is 9.47 Å². The summed E-state index contributed by atoms with van der Waals surface area (Å²) in [5.41, 5.74) is 0.152. The van der Waals surface area contributed by atoms with Crippen LogP contribution in [0.4, 0.5) is 4.39 Å². The first-order chi connectivity index (χ1) is 7.65. The van der Waals surface area contributed by atoms with E-state index in [1.807, 2.05) is 0 Å². The van der Waals surface area contributed by atoms with E-state index >= 15 is 0 Å². The third-order valence-electron chi connectivity index (χ3n) is 1.82. The second-order valence-corrected chi connectivity index (χ2v) is 3.59. The Balaban J connectivity index is 3.24. The van der Waals surface area contributed by atoms with Crippen LogP contribution in [0.25, 0.3) is 0 Å². The highest BCUT2D eigenvalue weighted by Crippen LogP contribution is 2.36. The number of carbonyl (C=O) groups excluding carboxylic acids is 1. The Bertz CT molecular complexity index is 395. The van der Waals surface area contributed by atoms with Gasteiger partial charge in [-0.25, -0.2) is 4.39 Å². The molecule has 16 heavy (non-hydrogen) atoms. The van der Waals surface area contributed by atoms with Gasteiger partial charge in [-0.2, -0.15) is 0 Å². The molecule has 0 amide bonds. The Kier molecular flexibility index (Phi) is 4.70. The fourth-order valence-corrected chi connectivity index (χ4v) is 1.48. The van der Waals surface area contributed by atoms with E-state index < -0.39 is 5.82 Å². The lowest BCUT2D eigenvalue weighted by atomic mass is 10.2. The lowest BCUT2D eigenvalue weighted by molar-refractivity contribution is 0.0461. The van der Waals surface area contributed by atoms with Gasteiger partial charge in [-0.1, -0.05) is 0 Å². The van der Waals surface area contributed by atoms with Crippen molar-refractivity contribution in [2.24, 2.45) is 0 Å². The average molecular weight is 293 g/mol. The number of ether oxygens (including phenoxy) is 3. The Morgan fingerprint density at radius 3 is 2.69 bits per heavy atom. The summed E-state index contributed by atoms with van der Waals surface area (Å²) in [6.07, 6.45) is 0.524. The topological polar surface area (TPSA) is 44.8 Å². The predicted molar refractivity (Wildman–Crippen MR) is 58.5 cm³/mol. The number of aldehydes is 1. The van der Waals surface area contributed by atoms with Gasteiger partial charge in [-0.05, 0) is 22.0 Å². The molecule has 6 heteroatoms. The lowest BCUT2D eigenvalue weighted by Gasteiger charge is -2.12. The maximum Gasteiger partial charge on any atom is 0.201 e. The van der Waals surface area contributed by atoms with Crippen molar-refractivity contribution < 1.29 is 23.4 Å². The van der Waals surface area contributed by atoms with Crippen molar-refractivity contribution in [1.82, 2.24) is 0 Å². The second kappa shape index (κ2) is 5.81. The number of halogens is 2. The molecule has 0 saturated heterocycles. The molecular weight excluding hydrogens is 283 g/mol. The third kappa shape index (κ3) is 2.51. The molecule has 0 spiro atoms. The summed E-state index contributed by atoms with van der Waals surface area (Å²) >= 11 is 2.96. The van der Waals surface area contributed by atoms with E-state index in [9.17, 15) is 9.18 Å². The fraction of sp³-hybridized carbons (Fsp3) is 0.300. The van der Waals surface area contributed by atoms with Crippen LogP contribution in [-0.4, -0.2) is 27.3 Å². The van der Waals surface area contributed by atoms with E-state index in [1.165, 1.54) is 20.3 Å². The number of methoxy groups -OCH3 is 2. The Morgan fingerprint density at radius 2 is 2.19 bits per heavy atom. The molecule has 0 bridgehead atoms. The highest BCUT2D eigenvalue weighted by Gasteiger charge is 2.18. The molecule has 0 aliphatic heterocycles. The predicted octanol–water partition coefficient (Wildman–Crippen LogP) is 2.39. The molecule has 0 atom stereocenters. The van der Waals surface area contributed by atoms with Gasteiger partial charge >= 0.3 is 0 Å². The fourth-order valence-electron chi connectivity index (χ4n) is 1.09. The number of hydrogen-bond acceptors (Lipinski definition) is 4. The van der Waals surface area contributed by atoms with Crippen LogP contribution in [0.15, 0.2) is 10.5 Å². The summed E-state index contributed by atoms with van der Waals surface area (Å²) in [5.74, 6) is -0.653. The van der Waals surface area contributed by atoms with Gasteiger partial charge in [0, 0.05) is 12.7 Å². The van der Waals surface area contributed by atoms with Crippen molar-refractivity contribution in [2.45, 2.75) is 0 Å². The van der Waals surface area contributed by atoms with Gasteiger partial charge in [0.25, 0.3) is 0 Å². The Morgan fingerprint density at radius 1 is 1.50 bits per heavy atom. The van der Waals surface area contributed by atoms with Gasteiger partial charge in [0.05, 0.1) is 11.6 Å². The van der Waals surface area contributed by atoms with Crippen LogP contribution >= 0.6 is 15.9 Å². The van der Waals surface area contributed by atoms with E-state index in [0.717, 1.165) is 0 Å². The molecule has 0 heterocycles. The quantitative estimate of drug-likeness (QED) is 0.617. The van der Waals surface area contributed by atoms with Crippen LogP contribution in [0.3, 0.4) is 0 Å². The normalized spacial score (nSPS) is 10.0. The molecule has 0 N–H and O–H groups in total.